The maximum absolute atomic E-state index is 13.6. The van der Waals surface area contributed by atoms with E-state index in [0.717, 1.165) is 18.2 Å². The second-order valence-corrected chi connectivity index (χ2v) is 4.19. The number of nitrogens with zero attached hydrogens (tertiary/aromatic N) is 1. The second-order valence-electron chi connectivity index (χ2n) is 4.19. The molecule has 0 saturated carbocycles. The van der Waals surface area contributed by atoms with Gasteiger partial charge in [-0.3, -0.25) is 9.69 Å². The molecule has 1 rings (SSSR count). The van der Waals surface area contributed by atoms with Crippen molar-refractivity contribution in [1.29, 1.82) is 0 Å². The number of hydrogen-bond acceptors (Lipinski definition) is 3. The van der Waals surface area contributed by atoms with Gasteiger partial charge in [0.2, 0.25) is 0 Å². The normalized spacial score (nSPS) is 13.3. The summed E-state index contributed by atoms with van der Waals surface area (Å²) >= 11 is 0. The van der Waals surface area contributed by atoms with Crippen LogP contribution in [0.4, 0.5) is 17.6 Å². The van der Waals surface area contributed by atoms with Crippen LogP contribution >= 0.6 is 0 Å². The van der Waals surface area contributed by atoms with Gasteiger partial charge >= 0.3 is 12.3 Å². The first-order valence-corrected chi connectivity index (χ1v) is 5.58. The molecule has 1 aromatic carbocycles. The van der Waals surface area contributed by atoms with Gasteiger partial charge in [0.15, 0.2) is 0 Å². The average Bonchev–Trinajstić information content (AvgIpc) is 2.30. The third-order valence-electron chi connectivity index (χ3n) is 2.73. The fraction of sp³-hybridized carbons (Fsp3) is 0.417. The number of likely N-dealkylation sites (N-methyl/N-ethyl adjacent to an activating group) is 1. The van der Waals surface area contributed by atoms with Crippen LogP contribution in [-0.2, 0) is 11.3 Å². The number of aliphatic carboxylic acids is 1. The summed E-state index contributed by atoms with van der Waals surface area (Å²) in [5.74, 6) is -2.74. The van der Waals surface area contributed by atoms with Gasteiger partial charge < -0.3 is 9.84 Å². The van der Waals surface area contributed by atoms with Crippen LogP contribution in [0.3, 0.4) is 0 Å². The van der Waals surface area contributed by atoms with Crippen molar-refractivity contribution >= 4 is 5.97 Å². The van der Waals surface area contributed by atoms with E-state index in [2.05, 4.69) is 4.74 Å². The van der Waals surface area contributed by atoms with Crippen LogP contribution in [0.25, 0.3) is 0 Å². The molecule has 0 bridgehead atoms. The fourth-order valence-electron chi connectivity index (χ4n) is 1.49. The number of benzene rings is 1. The van der Waals surface area contributed by atoms with Crippen LogP contribution in [0, 0.1) is 5.82 Å². The van der Waals surface area contributed by atoms with Crippen molar-refractivity contribution in [3.8, 4) is 5.75 Å². The minimum atomic E-state index is -4.94. The molecular weight excluding hydrogens is 282 g/mol. The summed E-state index contributed by atoms with van der Waals surface area (Å²) < 4.78 is 54.0. The highest BCUT2D eigenvalue weighted by molar-refractivity contribution is 5.72. The highest BCUT2D eigenvalue weighted by Crippen LogP contribution is 2.29. The summed E-state index contributed by atoms with van der Waals surface area (Å²) in [4.78, 5) is 12.0. The summed E-state index contributed by atoms with van der Waals surface area (Å²) in [6, 6.07) is 2.07. The third-order valence-corrected chi connectivity index (χ3v) is 2.73. The number of hydrogen-bond donors (Lipinski definition) is 1. The summed E-state index contributed by atoms with van der Waals surface area (Å²) in [6.45, 7) is 1.01. The monoisotopic (exact) mass is 295 g/mol. The van der Waals surface area contributed by atoms with Gasteiger partial charge in [-0.25, -0.2) is 4.39 Å². The Balaban J connectivity index is 3.02. The summed E-state index contributed by atoms with van der Waals surface area (Å²) in [5.41, 5.74) is -0.347. The number of carboxylic acids is 1. The Morgan fingerprint density at radius 3 is 2.55 bits per heavy atom. The number of halogens is 4. The Hall–Kier alpha value is -1.83. The number of ether oxygens (including phenoxy) is 1. The van der Waals surface area contributed by atoms with Gasteiger partial charge in [0.1, 0.15) is 17.6 Å². The molecule has 1 aromatic rings. The lowest BCUT2D eigenvalue weighted by Gasteiger charge is -2.23. The number of rotatable bonds is 5. The van der Waals surface area contributed by atoms with Gasteiger partial charge in [-0.1, -0.05) is 6.07 Å². The van der Waals surface area contributed by atoms with Crippen molar-refractivity contribution in [3.05, 3.63) is 29.6 Å². The fourth-order valence-corrected chi connectivity index (χ4v) is 1.49. The maximum Gasteiger partial charge on any atom is 0.573 e. The standard InChI is InChI=1S/C12H13F4NO3/c1-7(11(18)19)17(2)6-8-9(13)4-3-5-10(8)20-12(14,15)16/h3-5,7H,6H2,1-2H3,(H,18,19). The Morgan fingerprint density at radius 2 is 2.05 bits per heavy atom. The smallest absolute Gasteiger partial charge is 0.480 e. The number of carbonyl (C=O) groups is 1. The molecule has 0 aromatic heterocycles. The van der Waals surface area contributed by atoms with E-state index in [9.17, 15) is 22.4 Å². The van der Waals surface area contributed by atoms with Gasteiger partial charge in [0.25, 0.3) is 0 Å². The maximum atomic E-state index is 13.6. The van der Waals surface area contributed by atoms with Gasteiger partial charge in [0, 0.05) is 12.1 Å². The Kier molecular flexibility index (Phi) is 4.93. The van der Waals surface area contributed by atoms with Crippen LogP contribution in [0.2, 0.25) is 0 Å². The van der Waals surface area contributed by atoms with Gasteiger partial charge in [0.05, 0.1) is 0 Å². The molecule has 1 unspecified atom stereocenters. The Bertz CT molecular complexity index is 490. The molecule has 0 heterocycles. The van der Waals surface area contributed by atoms with Gasteiger partial charge in [-0.2, -0.15) is 0 Å². The van der Waals surface area contributed by atoms with Crippen molar-refractivity contribution in [2.45, 2.75) is 25.9 Å². The SMILES string of the molecule is CC(C(=O)O)N(C)Cc1c(F)cccc1OC(F)(F)F. The quantitative estimate of drug-likeness (QED) is 0.848. The summed E-state index contributed by atoms with van der Waals surface area (Å²) in [5, 5.41) is 8.81. The molecule has 0 amide bonds. The zero-order valence-corrected chi connectivity index (χ0v) is 10.7. The lowest BCUT2D eigenvalue weighted by molar-refractivity contribution is -0.275. The average molecular weight is 295 g/mol. The molecule has 112 valence electrons. The molecule has 1 atom stereocenters. The predicted molar refractivity (Wildman–Crippen MR) is 61.6 cm³/mol. The lowest BCUT2D eigenvalue weighted by Crippen LogP contribution is -2.35. The van der Waals surface area contributed by atoms with E-state index in [0.29, 0.717) is 0 Å². The molecule has 0 aliphatic heterocycles. The lowest BCUT2D eigenvalue weighted by atomic mass is 10.1. The Labute approximate surface area is 112 Å². The number of alkyl halides is 3. The van der Waals surface area contributed by atoms with Crippen LogP contribution in [0.5, 0.6) is 5.75 Å². The zero-order valence-electron chi connectivity index (χ0n) is 10.7. The third kappa shape index (κ3) is 4.37. The first-order valence-electron chi connectivity index (χ1n) is 5.58. The second kappa shape index (κ2) is 6.08. The number of carboxylic acid groups (broad SMARTS) is 1. The van der Waals surface area contributed by atoms with Crippen LogP contribution in [0.1, 0.15) is 12.5 Å². The highest BCUT2D eigenvalue weighted by Gasteiger charge is 2.33. The first kappa shape index (κ1) is 16.2. The predicted octanol–water partition coefficient (Wildman–Crippen LogP) is 2.63. The molecule has 20 heavy (non-hydrogen) atoms. The van der Waals surface area contributed by atoms with E-state index in [1.807, 2.05) is 0 Å². The van der Waals surface area contributed by atoms with Crippen molar-refractivity contribution in [3.63, 3.8) is 0 Å². The van der Waals surface area contributed by atoms with Gasteiger partial charge in [-0.15, -0.1) is 13.2 Å². The molecule has 8 heteroatoms. The van der Waals surface area contributed by atoms with E-state index < -0.39 is 29.9 Å². The molecule has 4 nitrogen and oxygen atoms in total. The summed E-state index contributed by atoms with van der Waals surface area (Å²) in [6.07, 6.45) is -4.94. The van der Waals surface area contributed by atoms with Crippen LogP contribution in [-0.4, -0.2) is 35.4 Å². The Morgan fingerprint density at radius 1 is 1.45 bits per heavy atom. The van der Waals surface area contributed by atoms with Crippen molar-refractivity contribution in [1.82, 2.24) is 4.90 Å². The first-order chi connectivity index (χ1) is 9.11. The van der Waals surface area contributed by atoms with Crippen molar-refractivity contribution < 1.29 is 32.2 Å². The molecular formula is C12H13F4NO3. The molecule has 0 aliphatic carbocycles. The van der Waals surface area contributed by atoms with E-state index in [1.54, 1.807) is 0 Å². The largest absolute Gasteiger partial charge is 0.573 e. The molecule has 0 radical (unpaired) electrons. The van der Waals surface area contributed by atoms with E-state index in [1.165, 1.54) is 18.9 Å². The van der Waals surface area contributed by atoms with E-state index in [-0.39, 0.29) is 12.1 Å². The molecule has 1 N–H and O–H groups in total. The molecule has 0 spiro atoms. The summed E-state index contributed by atoms with van der Waals surface area (Å²) in [7, 11) is 1.36. The highest BCUT2D eigenvalue weighted by atomic mass is 19.4. The topological polar surface area (TPSA) is 49.8 Å². The van der Waals surface area contributed by atoms with Gasteiger partial charge in [-0.05, 0) is 26.1 Å². The minimum Gasteiger partial charge on any atom is -0.480 e. The molecule has 0 saturated heterocycles. The molecule has 0 fully saturated rings. The van der Waals surface area contributed by atoms with Crippen molar-refractivity contribution in [2.24, 2.45) is 0 Å². The van der Waals surface area contributed by atoms with Crippen molar-refractivity contribution in [2.75, 3.05) is 7.05 Å². The zero-order chi connectivity index (χ0) is 15.5. The van der Waals surface area contributed by atoms with E-state index in [4.69, 9.17) is 5.11 Å². The minimum absolute atomic E-state index is 0.328. The van der Waals surface area contributed by atoms with E-state index >= 15 is 0 Å². The van der Waals surface area contributed by atoms with Crippen LogP contribution < -0.4 is 4.74 Å². The molecule has 0 aliphatic rings. The van der Waals surface area contributed by atoms with Crippen LogP contribution in [0.15, 0.2) is 18.2 Å².